The number of hydrogen-bond acceptors (Lipinski definition) is 2. The van der Waals surface area contributed by atoms with E-state index in [1.54, 1.807) is 0 Å². The van der Waals surface area contributed by atoms with Crippen LogP contribution in [0, 0.1) is 0 Å². The lowest BCUT2D eigenvalue weighted by atomic mass is 9.98. The third-order valence-electron chi connectivity index (χ3n) is 3.71. The van der Waals surface area contributed by atoms with Gasteiger partial charge in [-0.05, 0) is 13.3 Å². The molecule has 0 aliphatic heterocycles. The Balaban J connectivity index is 5.05. The second-order valence-corrected chi connectivity index (χ2v) is 6.04. The molecular weight excluding hydrogens is 409 g/mol. The maximum Gasteiger partial charge on any atom is 0.343 e. The van der Waals surface area contributed by atoms with Crippen LogP contribution in [0.25, 0.3) is 0 Å². The molecule has 0 radical (unpaired) electrons. The van der Waals surface area contributed by atoms with Crippen LogP contribution in [0.3, 0.4) is 0 Å². The summed E-state index contributed by atoms with van der Waals surface area (Å²) in [7, 11) is 0. The van der Waals surface area contributed by atoms with Crippen LogP contribution in [0.2, 0.25) is 0 Å². The summed E-state index contributed by atoms with van der Waals surface area (Å²) >= 11 is 0. The molecule has 162 valence electrons. The number of esters is 1. The van der Waals surface area contributed by atoms with Crippen molar-refractivity contribution in [2.24, 2.45) is 0 Å². The third kappa shape index (κ3) is 6.66. The Morgan fingerprint density at radius 2 is 1.22 bits per heavy atom. The van der Waals surface area contributed by atoms with E-state index in [1.807, 2.05) is 0 Å². The van der Waals surface area contributed by atoms with Gasteiger partial charge in [0, 0.05) is 12.8 Å². The topological polar surface area (TPSA) is 26.3 Å². The van der Waals surface area contributed by atoms with Crippen LogP contribution < -0.4 is 0 Å². The smallest absolute Gasteiger partial charge is 0.343 e. The summed E-state index contributed by atoms with van der Waals surface area (Å²) in [4.78, 5) is 11.2. The van der Waals surface area contributed by atoms with E-state index < -0.39 is 74.0 Å². The minimum absolute atomic E-state index is 0.542. The lowest BCUT2D eigenvalue weighted by molar-refractivity contribution is -0.259. The summed E-state index contributed by atoms with van der Waals surface area (Å²) in [5.41, 5.74) is -2.77. The molecule has 0 saturated carbocycles. The number of carbonyl (C=O) groups is 1. The van der Waals surface area contributed by atoms with Gasteiger partial charge in [-0.3, -0.25) is 0 Å². The van der Waals surface area contributed by atoms with Crippen molar-refractivity contribution >= 4 is 5.97 Å². The molecule has 0 aromatic heterocycles. The molecule has 0 spiro atoms. The van der Waals surface area contributed by atoms with E-state index in [0.717, 1.165) is 6.92 Å². The van der Waals surface area contributed by atoms with Crippen LogP contribution in [0.4, 0.5) is 48.3 Å². The van der Waals surface area contributed by atoms with E-state index in [0.29, 0.717) is 6.92 Å². The van der Waals surface area contributed by atoms with Crippen LogP contribution in [0.15, 0.2) is 0 Å². The van der Waals surface area contributed by atoms with Gasteiger partial charge in [0.2, 0.25) is 12.1 Å². The predicted molar refractivity (Wildman–Crippen MR) is 70.4 cm³/mol. The number of alkyl halides is 11. The van der Waals surface area contributed by atoms with Crippen molar-refractivity contribution in [2.45, 2.75) is 75.3 Å². The number of carbonyl (C=O) groups excluding carboxylic acids is 1. The monoisotopic (exact) mass is 426 g/mol. The van der Waals surface area contributed by atoms with Gasteiger partial charge in [0.1, 0.15) is 0 Å². The SMILES string of the molecule is CCC(C)(F)C(=O)OCC(F)(F)C(F)(F)CCC(F)(F)C(F)(F)CC(F)F. The number of hydrogen-bond donors (Lipinski definition) is 0. The highest BCUT2D eigenvalue weighted by Gasteiger charge is 2.62. The predicted octanol–water partition coefficient (Wildman–Crippen LogP) is 5.64. The highest BCUT2D eigenvalue weighted by atomic mass is 19.3. The van der Waals surface area contributed by atoms with Crippen molar-refractivity contribution in [3.63, 3.8) is 0 Å². The summed E-state index contributed by atoms with van der Waals surface area (Å²) in [5.74, 6) is -23.4. The van der Waals surface area contributed by atoms with Crippen LogP contribution >= 0.6 is 0 Å². The second kappa shape index (κ2) is 8.38. The first-order valence-electron chi connectivity index (χ1n) is 7.47. The fraction of sp³-hybridized carbons (Fsp3) is 0.929. The summed E-state index contributed by atoms with van der Waals surface area (Å²) in [6.07, 6.45) is -12.1. The molecule has 0 N–H and O–H groups in total. The molecule has 0 heterocycles. The molecule has 27 heavy (non-hydrogen) atoms. The summed E-state index contributed by atoms with van der Waals surface area (Å²) < 4.78 is 147. The Labute approximate surface area is 147 Å². The van der Waals surface area contributed by atoms with Crippen molar-refractivity contribution < 1.29 is 57.8 Å². The highest BCUT2D eigenvalue weighted by Crippen LogP contribution is 2.46. The number of rotatable bonds is 11. The molecular formula is C14H17F11O2. The summed E-state index contributed by atoms with van der Waals surface area (Å²) in [6, 6.07) is 0. The largest absolute Gasteiger partial charge is 0.457 e. The van der Waals surface area contributed by atoms with Gasteiger partial charge in [-0.2, -0.15) is 35.1 Å². The number of ether oxygens (including phenoxy) is 1. The molecule has 0 fully saturated rings. The Kier molecular flexibility index (Phi) is 7.97. The van der Waals surface area contributed by atoms with Gasteiger partial charge in [-0.15, -0.1) is 0 Å². The van der Waals surface area contributed by atoms with Gasteiger partial charge in [0.25, 0.3) is 0 Å². The quantitative estimate of drug-likeness (QED) is 0.316. The van der Waals surface area contributed by atoms with Crippen LogP contribution in [-0.2, 0) is 9.53 Å². The van der Waals surface area contributed by atoms with E-state index in [1.165, 1.54) is 0 Å². The van der Waals surface area contributed by atoms with E-state index in [-0.39, 0.29) is 0 Å². The van der Waals surface area contributed by atoms with Crippen molar-refractivity contribution in [1.29, 1.82) is 0 Å². The third-order valence-corrected chi connectivity index (χ3v) is 3.71. The molecule has 13 heteroatoms. The van der Waals surface area contributed by atoms with Gasteiger partial charge < -0.3 is 4.74 Å². The van der Waals surface area contributed by atoms with Gasteiger partial charge in [-0.1, -0.05) is 6.92 Å². The Hall–Kier alpha value is -1.30. The average molecular weight is 426 g/mol. The molecule has 0 rings (SSSR count). The standard InChI is InChI=1S/C14H17F11O2/c1-3-10(2,17)9(26)27-7-14(24,25)12(20,21)5-4-11(18,19)13(22,23)6-8(15)16/h8H,3-7H2,1-2H3. The summed E-state index contributed by atoms with van der Waals surface area (Å²) in [6.45, 7) is -0.649. The second-order valence-electron chi connectivity index (χ2n) is 6.04. The molecule has 0 amide bonds. The Bertz CT molecular complexity index is 503. The zero-order valence-corrected chi connectivity index (χ0v) is 14.1. The van der Waals surface area contributed by atoms with Gasteiger partial charge in [0.15, 0.2) is 6.61 Å². The molecule has 0 aromatic rings. The van der Waals surface area contributed by atoms with Crippen molar-refractivity contribution in [1.82, 2.24) is 0 Å². The maximum atomic E-state index is 13.5. The van der Waals surface area contributed by atoms with E-state index in [4.69, 9.17) is 0 Å². The molecule has 0 bridgehead atoms. The Morgan fingerprint density at radius 1 is 0.815 bits per heavy atom. The van der Waals surface area contributed by atoms with E-state index in [2.05, 4.69) is 4.74 Å². The zero-order chi connectivity index (χ0) is 21.9. The minimum Gasteiger partial charge on any atom is -0.457 e. The van der Waals surface area contributed by atoms with Crippen molar-refractivity contribution in [3.05, 3.63) is 0 Å². The van der Waals surface area contributed by atoms with Crippen LogP contribution in [-0.4, -0.2) is 48.4 Å². The summed E-state index contributed by atoms with van der Waals surface area (Å²) in [5, 5.41) is 0. The first-order valence-corrected chi connectivity index (χ1v) is 7.47. The lowest BCUT2D eigenvalue weighted by Gasteiger charge is -2.30. The van der Waals surface area contributed by atoms with Gasteiger partial charge in [-0.25, -0.2) is 18.0 Å². The number of halogens is 11. The van der Waals surface area contributed by atoms with Crippen molar-refractivity contribution in [3.8, 4) is 0 Å². The van der Waals surface area contributed by atoms with Crippen LogP contribution in [0.1, 0.15) is 39.5 Å². The molecule has 2 nitrogen and oxygen atoms in total. The van der Waals surface area contributed by atoms with E-state index in [9.17, 15) is 53.1 Å². The maximum absolute atomic E-state index is 13.5. The normalized spacial score (nSPS) is 16.4. The molecule has 1 atom stereocenters. The zero-order valence-electron chi connectivity index (χ0n) is 14.1. The van der Waals surface area contributed by atoms with Gasteiger partial charge in [0.05, 0.1) is 6.42 Å². The average Bonchev–Trinajstić information content (AvgIpc) is 2.49. The first kappa shape index (κ1) is 25.7. The minimum atomic E-state index is -5.42. The molecule has 0 aromatic carbocycles. The molecule has 0 aliphatic rings. The Morgan fingerprint density at radius 3 is 1.59 bits per heavy atom. The lowest BCUT2D eigenvalue weighted by Crippen LogP contribution is -2.48. The molecule has 0 aliphatic carbocycles. The first-order chi connectivity index (χ1) is 11.8. The highest BCUT2D eigenvalue weighted by molar-refractivity contribution is 5.78. The van der Waals surface area contributed by atoms with Gasteiger partial charge >= 0.3 is 29.7 Å². The van der Waals surface area contributed by atoms with Crippen LogP contribution in [0.5, 0.6) is 0 Å². The molecule has 0 saturated heterocycles. The fourth-order valence-corrected chi connectivity index (χ4v) is 1.58. The fourth-order valence-electron chi connectivity index (χ4n) is 1.58. The van der Waals surface area contributed by atoms with Crippen molar-refractivity contribution in [2.75, 3.05) is 6.61 Å². The molecule has 1 unspecified atom stereocenters. The van der Waals surface area contributed by atoms with E-state index >= 15 is 0 Å².